The number of hydrogen-bond acceptors (Lipinski definition) is 4. The van der Waals surface area contributed by atoms with Crippen LogP contribution in [0.15, 0.2) is 18.5 Å². The van der Waals surface area contributed by atoms with E-state index in [1.807, 2.05) is 0 Å². The Labute approximate surface area is 83.3 Å². The van der Waals surface area contributed by atoms with Gasteiger partial charge in [-0.05, 0) is 11.0 Å². The summed E-state index contributed by atoms with van der Waals surface area (Å²) in [6, 6.07) is 1.60. The summed E-state index contributed by atoms with van der Waals surface area (Å²) in [6.07, 6.45) is 3.05. The quantitative estimate of drug-likeness (QED) is 0.428. The highest BCUT2D eigenvalue weighted by atomic mass is 35.5. The van der Waals surface area contributed by atoms with Crippen molar-refractivity contribution in [2.24, 2.45) is 0 Å². The third-order valence-electron chi connectivity index (χ3n) is 1.75. The Bertz CT molecular complexity index is 495. The molecule has 2 heterocycles. The Morgan fingerprint density at radius 2 is 2.43 bits per heavy atom. The molecule has 0 bridgehead atoms. The second-order valence-electron chi connectivity index (χ2n) is 2.56. The SMILES string of the molecule is O=[N+]([O-])c1c(CCl)nc2ncccn12. The summed E-state index contributed by atoms with van der Waals surface area (Å²) in [5.41, 5.74) is 0.232. The second kappa shape index (κ2) is 3.22. The van der Waals surface area contributed by atoms with Gasteiger partial charge in [0.05, 0.1) is 5.88 Å². The molecule has 0 unspecified atom stereocenters. The molecule has 72 valence electrons. The van der Waals surface area contributed by atoms with Crippen LogP contribution in [-0.2, 0) is 5.88 Å². The third-order valence-corrected chi connectivity index (χ3v) is 2.00. The molecule has 0 radical (unpaired) electrons. The zero-order valence-electron chi connectivity index (χ0n) is 6.92. The molecule has 0 aromatic carbocycles. The van der Waals surface area contributed by atoms with Gasteiger partial charge in [-0.15, -0.1) is 11.6 Å². The molecule has 6 nitrogen and oxygen atoms in total. The second-order valence-corrected chi connectivity index (χ2v) is 2.83. The van der Waals surface area contributed by atoms with Crippen molar-refractivity contribution in [3.8, 4) is 0 Å². The molecule has 14 heavy (non-hydrogen) atoms. The molecule has 0 aliphatic rings. The van der Waals surface area contributed by atoms with E-state index in [4.69, 9.17) is 11.6 Å². The molecule has 0 saturated heterocycles. The highest BCUT2D eigenvalue weighted by Gasteiger charge is 2.21. The van der Waals surface area contributed by atoms with Crippen molar-refractivity contribution in [3.63, 3.8) is 0 Å². The summed E-state index contributed by atoms with van der Waals surface area (Å²) in [5.74, 6) is 0.164. The minimum Gasteiger partial charge on any atom is -0.358 e. The molecule has 0 saturated carbocycles. The lowest BCUT2D eigenvalue weighted by molar-refractivity contribution is -0.391. The Morgan fingerprint density at radius 1 is 1.64 bits per heavy atom. The normalized spacial score (nSPS) is 10.6. The number of hydrogen-bond donors (Lipinski definition) is 0. The predicted molar refractivity (Wildman–Crippen MR) is 49.2 cm³/mol. The molecule has 0 aliphatic heterocycles. The minimum atomic E-state index is -0.514. The van der Waals surface area contributed by atoms with Crippen LogP contribution in [0.1, 0.15) is 5.69 Å². The van der Waals surface area contributed by atoms with Gasteiger partial charge in [-0.25, -0.2) is 0 Å². The topological polar surface area (TPSA) is 73.3 Å². The van der Waals surface area contributed by atoms with Crippen molar-refractivity contribution in [2.45, 2.75) is 5.88 Å². The Hall–Kier alpha value is -1.69. The average Bonchev–Trinajstić information content (AvgIpc) is 2.55. The van der Waals surface area contributed by atoms with Gasteiger partial charge in [0.25, 0.3) is 0 Å². The number of alkyl halides is 1. The van der Waals surface area contributed by atoms with E-state index in [9.17, 15) is 10.1 Å². The van der Waals surface area contributed by atoms with E-state index in [1.165, 1.54) is 16.8 Å². The fraction of sp³-hybridized carbons (Fsp3) is 0.143. The van der Waals surface area contributed by atoms with Gasteiger partial charge in [-0.3, -0.25) is 0 Å². The molecule has 2 aromatic rings. The summed E-state index contributed by atoms with van der Waals surface area (Å²) in [7, 11) is 0. The Morgan fingerprint density at radius 3 is 3.07 bits per heavy atom. The van der Waals surface area contributed by atoms with Gasteiger partial charge in [-0.1, -0.05) is 0 Å². The summed E-state index contributed by atoms with van der Waals surface area (Å²) in [6.45, 7) is 0. The maximum atomic E-state index is 10.7. The van der Waals surface area contributed by atoms with Crippen molar-refractivity contribution in [2.75, 3.05) is 0 Å². The van der Waals surface area contributed by atoms with Crippen molar-refractivity contribution >= 4 is 23.2 Å². The van der Waals surface area contributed by atoms with Crippen LogP contribution in [0, 0.1) is 10.1 Å². The first-order valence-corrected chi connectivity index (χ1v) is 4.30. The van der Waals surface area contributed by atoms with Gasteiger partial charge in [0.15, 0.2) is 5.69 Å². The molecule has 0 fully saturated rings. The lowest BCUT2D eigenvalue weighted by Crippen LogP contribution is -1.96. The van der Waals surface area contributed by atoms with Crippen LogP contribution in [-0.4, -0.2) is 19.3 Å². The van der Waals surface area contributed by atoms with Gasteiger partial charge in [0.2, 0.25) is 0 Å². The van der Waals surface area contributed by atoms with Gasteiger partial charge in [0.1, 0.15) is 6.20 Å². The zero-order valence-corrected chi connectivity index (χ0v) is 7.68. The molecule has 2 aromatic heterocycles. The van der Waals surface area contributed by atoms with E-state index < -0.39 is 4.92 Å². The molecule has 0 spiro atoms. The predicted octanol–water partition coefficient (Wildman–Crippen LogP) is 1.38. The third kappa shape index (κ3) is 1.20. The summed E-state index contributed by atoms with van der Waals surface area (Å²) < 4.78 is 1.30. The van der Waals surface area contributed by atoms with Crippen LogP contribution in [0.25, 0.3) is 5.78 Å². The monoisotopic (exact) mass is 212 g/mol. The summed E-state index contributed by atoms with van der Waals surface area (Å²) in [5, 5.41) is 10.7. The lowest BCUT2D eigenvalue weighted by Gasteiger charge is -1.93. The minimum absolute atomic E-state index is 0.000324. The highest BCUT2D eigenvalue weighted by molar-refractivity contribution is 6.17. The lowest BCUT2D eigenvalue weighted by atomic mass is 10.5. The van der Waals surface area contributed by atoms with E-state index in [0.717, 1.165) is 0 Å². The highest BCUT2D eigenvalue weighted by Crippen LogP contribution is 2.20. The first kappa shape index (κ1) is 8.89. The Balaban J connectivity index is 2.81. The number of rotatable bonds is 2. The largest absolute Gasteiger partial charge is 0.358 e. The fourth-order valence-electron chi connectivity index (χ4n) is 1.20. The van der Waals surface area contributed by atoms with Gasteiger partial charge in [-0.2, -0.15) is 14.4 Å². The average molecular weight is 213 g/mol. The number of imidazole rings is 1. The fourth-order valence-corrected chi connectivity index (χ4v) is 1.38. The van der Waals surface area contributed by atoms with Crippen LogP contribution in [0.5, 0.6) is 0 Å². The molecular weight excluding hydrogens is 208 g/mol. The van der Waals surface area contributed by atoms with Crippen LogP contribution in [0.4, 0.5) is 5.82 Å². The molecule has 0 aliphatic carbocycles. The zero-order chi connectivity index (χ0) is 10.1. The summed E-state index contributed by atoms with van der Waals surface area (Å²) >= 11 is 5.54. The van der Waals surface area contributed by atoms with E-state index >= 15 is 0 Å². The van der Waals surface area contributed by atoms with E-state index in [1.54, 1.807) is 6.07 Å². The smallest absolute Gasteiger partial charge is 0.353 e. The molecule has 0 atom stereocenters. The van der Waals surface area contributed by atoms with Crippen molar-refractivity contribution in [1.82, 2.24) is 14.4 Å². The molecule has 7 heteroatoms. The number of aromatic nitrogens is 3. The molecule has 2 rings (SSSR count). The maximum absolute atomic E-state index is 10.7. The number of nitro groups is 1. The standard InChI is InChI=1S/C7H5ClN4O2/c8-4-5-6(12(13)14)11-3-1-2-9-7(11)10-5/h1-3H,4H2. The number of fused-ring (bicyclic) bond motifs is 1. The van der Waals surface area contributed by atoms with Gasteiger partial charge < -0.3 is 10.1 Å². The molecular formula is C7H5ClN4O2. The first-order chi connectivity index (χ1) is 6.74. The van der Waals surface area contributed by atoms with Crippen molar-refractivity contribution in [1.29, 1.82) is 0 Å². The number of halogens is 1. The van der Waals surface area contributed by atoms with Crippen molar-refractivity contribution < 1.29 is 4.92 Å². The summed E-state index contributed by atoms with van der Waals surface area (Å²) in [4.78, 5) is 18.0. The van der Waals surface area contributed by atoms with Crippen molar-refractivity contribution in [3.05, 3.63) is 34.3 Å². The van der Waals surface area contributed by atoms with Crippen LogP contribution < -0.4 is 0 Å². The van der Waals surface area contributed by atoms with E-state index in [-0.39, 0.29) is 23.2 Å². The first-order valence-electron chi connectivity index (χ1n) is 3.76. The van der Waals surface area contributed by atoms with Crippen LogP contribution in [0.3, 0.4) is 0 Å². The van der Waals surface area contributed by atoms with E-state index in [2.05, 4.69) is 9.97 Å². The van der Waals surface area contributed by atoms with Crippen LogP contribution >= 0.6 is 11.6 Å². The molecule has 0 amide bonds. The number of nitrogens with zero attached hydrogens (tertiary/aromatic N) is 4. The van der Waals surface area contributed by atoms with Gasteiger partial charge >= 0.3 is 11.6 Å². The Kier molecular flexibility index (Phi) is 2.05. The van der Waals surface area contributed by atoms with Gasteiger partial charge in [0, 0.05) is 6.20 Å². The molecule has 0 N–H and O–H groups in total. The van der Waals surface area contributed by atoms with Crippen LogP contribution in [0.2, 0.25) is 0 Å². The maximum Gasteiger partial charge on any atom is 0.353 e. The van der Waals surface area contributed by atoms with E-state index in [0.29, 0.717) is 0 Å².